The third-order valence-electron chi connectivity index (χ3n) is 4.12. The van der Waals surface area contributed by atoms with E-state index in [2.05, 4.69) is 69.0 Å². The van der Waals surface area contributed by atoms with E-state index in [1.807, 2.05) is 0 Å². The molecule has 21 heavy (non-hydrogen) atoms. The normalized spacial score (nSPS) is 16.1. The van der Waals surface area contributed by atoms with E-state index in [0.29, 0.717) is 6.04 Å². The van der Waals surface area contributed by atoms with Crippen LogP contribution in [0.3, 0.4) is 0 Å². The van der Waals surface area contributed by atoms with Crippen LogP contribution in [0.5, 0.6) is 0 Å². The first-order valence-electron chi connectivity index (χ1n) is 7.71. The Kier molecular flexibility index (Phi) is 4.34. The van der Waals surface area contributed by atoms with Crippen LogP contribution in [0.4, 0.5) is 11.6 Å². The van der Waals surface area contributed by atoms with Crippen LogP contribution in [0, 0.1) is 13.8 Å². The van der Waals surface area contributed by atoms with E-state index in [0.717, 1.165) is 21.8 Å². The maximum absolute atomic E-state index is 4.68. The van der Waals surface area contributed by atoms with Crippen LogP contribution in [0.1, 0.15) is 49.4 Å². The number of hydrogen-bond acceptors (Lipinski definition) is 2. The maximum atomic E-state index is 4.68. The lowest BCUT2D eigenvalue weighted by Gasteiger charge is -2.24. The van der Waals surface area contributed by atoms with E-state index in [4.69, 9.17) is 0 Å². The molecule has 112 valence electrons. The van der Waals surface area contributed by atoms with Crippen molar-refractivity contribution in [2.75, 3.05) is 5.32 Å². The average molecular weight is 348 g/mol. The maximum Gasteiger partial charge on any atom is 0.207 e. The lowest BCUT2D eigenvalue weighted by Crippen LogP contribution is -2.14. The first-order chi connectivity index (χ1) is 10.1. The highest BCUT2D eigenvalue weighted by atomic mass is 79.9. The zero-order chi connectivity index (χ0) is 14.8. The molecule has 1 aliphatic carbocycles. The summed E-state index contributed by atoms with van der Waals surface area (Å²) < 4.78 is 3.43. The van der Waals surface area contributed by atoms with Crippen LogP contribution < -0.4 is 5.32 Å². The fourth-order valence-electron chi connectivity index (χ4n) is 3.18. The number of aromatic nitrogens is 2. The SMILES string of the molecule is Cc1cc(Br)cc(Nc2nc(C)cn2C2CCCCC2)c1. The number of imidazole rings is 1. The fourth-order valence-corrected chi connectivity index (χ4v) is 3.79. The molecule has 1 fully saturated rings. The molecule has 1 aromatic carbocycles. The second kappa shape index (κ2) is 6.22. The Morgan fingerprint density at radius 2 is 1.90 bits per heavy atom. The summed E-state index contributed by atoms with van der Waals surface area (Å²) >= 11 is 3.56. The van der Waals surface area contributed by atoms with Crippen molar-refractivity contribution < 1.29 is 0 Å². The van der Waals surface area contributed by atoms with Crippen LogP contribution in [0.25, 0.3) is 0 Å². The molecule has 1 aliphatic rings. The molecule has 2 aromatic rings. The van der Waals surface area contributed by atoms with Crippen molar-refractivity contribution in [3.8, 4) is 0 Å². The number of halogens is 1. The van der Waals surface area contributed by atoms with Gasteiger partial charge in [0.25, 0.3) is 0 Å². The molecule has 0 amide bonds. The molecule has 0 saturated heterocycles. The summed E-state index contributed by atoms with van der Waals surface area (Å²) in [6, 6.07) is 6.96. The smallest absolute Gasteiger partial charge is 0.207 e. The molecular formula is C17H22BrN3. The van der Waals surface area contributed by atoms with Crippen LogP contribution in [0.15, 0.2) is 28.9 Å². The Balaban J connectivity index is 1.87. The minimum absolute atomic E-state index is 0.593. The average Bonchev–Trinajstić information content (AvgIpc) is 2.79. The Labute approximate surface area is 134 Å². The van der Waals surface area contributed by atoms with Crippen molar-refractivity contribution in [1.82, 2.24) is 9.55 Å². The number of hydrogen-bond donors (Lipinski definition) is 1. The Morgan fingerprint density at radius 1 is 1.14 bits per heavy atom. The molecule has 1 heterocycles. The molecule has 1 saturated carbocycles. The molecule has 4 heteroatoms. The van der Waals surface area contributed by atoms with Crippen molar-refractivity contribution in [3.05, 3.63) is 40.1 Å². The second-order valence-electron chi connectivity index (χ2n) is 6.05. The predicted octanol–water partition coefficient (Wildman–Crippen LogP) is 5.51. The monoisotopic (exact) mass is 347 g/mol. The predicted molar refractivity (Wildman–Crippen MR) is 91.2 cm³/mol. The Hall–Kier alpha value is -1.29. The molecular weight excluding hydrogens is 326 g/mol. The first kappa shape index (κ1) is 14.6. The van der Waals surface area contributed by atoms with Gasteiger partial charge >= 0.3 is 0 Å². The summed E-state index contributed by atoms with van der Waals surface area (Å²) in [5, 5.41) is 3.49. The third-order valence-corrected chi connectivity index (χ3v) is 4.58. The van der Waals surface area contributed by atoms with E-state index in [-0.39, 0.29) is 0 Å². The molecule has 0 spiro atoms. The second-order valence-corrected chi connectivity index (χ2v) is 6.96. The topological polar surface area (TPSA) is 29.9 Å². The Morgan fingerprint density at radius 3 is 2.62 bits per heavy atom. The van der Waals surface area contributed by atoms with Gasteiger partial charge < -0.3 is 9.88 Å². The van der Waals surface area contributed by atoms with Gasteiger partial charge in [-0.25, -0.2) is 4.98 Å². The number of aryl methyl sites for hydroxylation is 2. The van der Waals surface area contributed by atoms with Gasteiger partial charge in [0.15, 0.2) is 0 Å². The van der Waals surface area contributed by atoms with Gasteiger partial charge in [0.1, 0.15) is 0 Å². The number of nitrogens with one attached hydrogen (secondary N) is 1. The van der Waals surface area contributed by atoms with Crippen LogP contribution in [-0.2, 0) is 0 Å². The van der Waals surface area contributed by atoms with Gasteiger partial charge in [-0.3, -0.25) is 0 Å². The highest BCUT2D eigenvalue weighted by molar-refractivity contribution is 9.10. The van der Waals surface area contributed by atoms with E-state index < -0.39 is 0 Å². The summed E-state index contributed by atoms with van der Waals surface area (Å²) in [6.45, 7) is 4.17. The molecule has 0 aliphatic heterocycles. The molecule has 3 nitrogen and oxygen atoms in total. The Bertz CT molecular complexity index is 607. The van der Waals surface area contributed by atoms with Gasteiger partial charge in [-0.05, 0) is 50.5 Å². The van der Waals surface area contributed by atoms with Crippen molar-refractivity contribution in [1.29, 1.82) is 0 Å². The number of benzene rings is 1. The summed E-state index contributed by atoms with van der Waals surface area (Å²) in [7, 11) is 0. The summed E-state index contributed by atoms with van der Waals surface area (Å²) in [6.07, 6.45) is 8.75. The van der Waals surface area contributed by atoms with Crippen LogP contribution in [-0.4, -0.2) is 9.55 Å². The highest BCUT2D eigenvalue weighted by Gasteiger charge is 2.19. The largest absolute Gasteiger partial charge is 0.326 e. The van der Waals surface area contributed by atoms with Crippen LogP contribution in [0.2, 0.25) is 0 Å². The summed E-state index contributed by atoms with van der Waals surface area (Å²) in [5.41, 5.74) is 3.40. The highest BCUT2D eigenvalue weighted by Crippen LogP contribution is 2.32. The van der Waals surface area contributed by atoms with Crippen molar-refractivity contribution in [2.45, 2.75) is 52.0 Å². The molecule has 0 unspecified atom stereocenters. The quantitative estimate of drug-likeness (QED) is 0.792. The lowest BCUT2D eigenvalue weighted by atomic mass is 9.95. The van der Waals surface area contributed by atoms with E-state index in [9.17, 15) is 0 Å². The number of rotatable bonds is 3. The molecule has 3 rings (SSSR count). The van der Waals surface area contributed by atoms with Gasteiger partial charge in [0.2, 0.25) is 5.95 Å². The molecule has 0 radical (unpaired) electrons. The van der Waals surface area contributed by atoms with Crippen molar-refractivity contribution in [2.24, 2.45) is 0 Å². The third kappa shape index (κ3) is 3.49. The minimum atomic E-state index is 0.593. The number of anilines is 2. The first-order valence-corrected chi connectivity index (χ1v) is 8.51. The zero-order valence-corrected chi connectivity index (χ0v) is 14.3. The van der Waals surface area contributed by atoms with Gasteiger partial charge in [0, 0.05) is 22.4 Å². The summed E-state index contributed by atoms with van der Waals surface area (Å²) in [4.78, 5) is 4.68. The van der Waals surface area contributed by atoms with Crippen molar-refractivity contribution in [3.63, 3.8) is 0 Å². The molecule has 0 bridgehead atoms. The van der Waals surface area contributed by atoms with Gasteiger partial charge in [-0.1, -0.05) is 35.2 Å². The molecule has 1 aromatic heterocycles. The van der Waals surface area contributed by atoms with Crippen molar-refractivity contribution >= 4 is 27.6 Å². The standard InChI is InChI=1S/C17H22BrN3/c1-12-8-14(18)10-15(9-12)20-17-19-13(2)11-21(17)16-6-4-3-5-7-16/h8-11,16H,3-7H2,1-2H3,(H,19,20). The van der Waals surface area contributed by atoms with E-state index in [1.54, 1.807) is 0 Å². The van der Waals surface area contributed by atoms with Gasteiger partial charge in [-0.15, -0.1) is 0 Å². The zero-order valence-electron chi connectivity index (χ0n) is 12.7. The molecule has 1 N–H and O–H groups in total. The van der Waals surface area contributed by atoms with Gasteiger partial charge in [0.05, 0.1) is 5.69 Å². The summed E-state index contributed by atoms with van der Waals surface area (Å²) in [5.74, 6) is 0.969. The fraction of sp³-hybridized carbons (Fsp3) is 0.471. The van der Waals surface area contributed by atoms with E-state index in [1.165, 1.54) is 37.7 Å². The lowest BCUT2D eigenvalue weighted by molar-refractivity contribution is 0.356. The molecule has 0 atom stereocenters. The van der Waals surface area contributed by atoms with E-state index >= 15 is 0 Å². The van der Waals surface area contributed by atoms with Gasteiger partial charge in [-0.2, -0.15) is 0 Å². The number of nitrogens with zero attached hydrogens (tertiary/aromatic N) is 2. The minimum Gasteiger partial charge on any atom is -0.326 e. The van der Waals surface area contributed by atoms with Crippen LogP contribution >= 0.6 is 15.9 Å².